The van der Waals surface area contributed by atoms with Gasteiger partial charge in [-0.2, -0.15) is 18.4 Å². The van der Waals surface area contributed by atoms with Crippen molar-refractivity contribution in [2.24, 2.45) is 5.41 Å². The molecular weight excluding hydrogens is 443 g/mol. The summed E-state index contributed by atoms with van der Waals surface area (Å²) in [7, 11) is 0. The number of nitrogens with one attached hydrogen (secondary N) is 3. The second-order valence-corrected chi connectivity index (χ2v) is 8.78. The number of anilines is 1. The van der Waals surface area contributed by atoms with Gasteiger partial charge in [-0.1, -0.05) is 12.1 Å². The average Bonchev–Trinajstić information content (AvgIpc) is 3.29. The molecule has 0 amide bonds. The van der Waals surface area contributed by atoms with Crippen LogP contribution in [0.15, 0.2) is 36.7 Å². The minimum absolute atomic E-state index is 0.227. The highest BCUT2D eigenvalue weighted by atomic mass is 19.4. The van der Waals surface area contributed by atoms with Gasteiger partial charge in [0.25, 0.3) is 0 Å². The van der Waals surface area contributed by atoms with Gasteiger partial charge in [-0.3, -0.25) is 0 Å². The minimum Gasteiger partial charge on any atom is -0.382 e. The highest BCUT2D eigenvalue weighted by molar-refractivity contribution is 6.10. The Kier molecular flexibility index (Phi) is 6.84. The summed E-state index contributed by atoms with van der Waals surface area (Å²) in [6.07, 6.45) is 2.59. The molecule has 10 heteroatoms. The molecule has 0 atom stereocenters. The Morgan fingerprint density at radius 3 is 2.56 bits per heavy atom. The van der Waals surface area contributed by atoms with E-state index in [1.807, 2.05) is 0 Å². The van der Waals surface area contributed by atoms with Crippen LogP contribution in [-0.2, 0) is 0 Å². The van der Waals surface area contributed by atoms with Gasteiger partial charge >= 0.3 is 6.18 Å². The maximum Gasteiger partial charge on any atom is 0.405 e. The lowest BCUT2D eigenvalue weighted by Gasteiger charge is -2.39. The molecule has 2 saturated heterocycles. The van der Waals surface area contributed by atoms with Crippen molar-refractivity contribution in [1.29, 1.82) is 10.7 Å². The van der Waals surface area contributed by atoms with Crippen molar-refractivity contribution in [3.05, 3.63) is 47.8 Å². The van der Waals surface area contributed by atoms with Crippen molar-refractivity contribution in [2.45, 2.75) is 25.4 Å². The van der Waals surface area contributed by atoms with Crippen LogP contribution < -0.4 is 15.5 Å². The molecule has 2 aliphatic rings. The van der Waals surface area contributed by atoms with Gasteiger partial charge in [0, 0.05) is 54.9 Å². The molecule has 0 bridgehead atoms. The van der Waals surface area contributed by atoms with E-state index in [0.717, 1.165) is 51.4 Å². The average molecular weight is 470 g/mol. The number of halogens is 3. The second-order valence-electron chi connectivity index (χ2n) is 8.78. The third kappa shape index (κ3) is 5.37. The van der Waals surface area contributed by atoms with Crippen molar-refractivity contribution < 1.29 is 13.2 Å². The third-order valence-electron chi connectivity index (χ3n) is 6.53. The summed E-state index contributed by atoms with van der Waals surface area (Å²) in [6, 6.07) is 8.88. The smallest absolute Gasteiger partial charge is 0.382 e. The Morgan fingerprint density at radius 1 is 1.24 bits per heavy atom. The van der Waals surface area contributed by atoms with Crippen molar-refractivity contribution >= 4 is 17.7 Å². The van der Waals surface area contributed by atoms with Crippen molar-refractivity contribution in [3.8, 4) is 17.3 Å². The van der Waals surface area contributed by atoms with Crippen LogP contribution in [0.3, 0.4) is 0 Å². The first-order valence-corrected chi connectivity index (χ1v) is 11.2. The summed E-state index contributed by atoms with van der Waals surface area (Å²) in [5.74, 6) is 0.552. The normalized spacial score (nSPS) is 18.1. The van der Waals surface area contributed by atoms with Crippen molar-refractivity contribution in [1.82, 2.24) is 20.6 Å². The Balaban J connectivity index is 1.66. The molecular formula is C24H26F3N7. The standard InChI is InChI=1S/C24H26F3N7/c25-24(26,27)16-31-13-19(12-29)20-14-32-22(33-21(20)18-3-1-17(11-28)2-4-18)34-9-6-23(7-10-34)5-8-30-15-23/h1-4,12-14,29-31H,5-10,15-16H2/b19-13+,29-12?. The minimum atomic E-state index is -4.37. The molecule has 0 unspecified atom stereocenters. The number of piperidine rings is 1. The fourth-order valence-corrected chi connectivity index (χ4v) is 4.54. The number of alkyl halides is 3. The number of nitriles is 1. The lowest BCUT2D eigenvalue weighted by Crippen LogP contribution is -2.42. The van der Waals surface area contributed by atoms with E-state index in [4.69, 9.17) is 15.7 Å². The van der Waals surface area contributed by atoms with Crippen LogP contribution in [-0.4, -0.2) is 55.1 Å². The molecule has 3 N–H and O–H groups in total. The van der Waals surface area contributed by atoms with Gasteiger partial charge in [0.15, 0.2) is 0 Å². The Bertz CT molecular complexity index is 1090. The van der Waals surface area contributed by atoms with Crippen molar-refractivity contribution in [3.63, 3.8) is 0 Å². The zero-order valence-corrected chi connectivity index (χ0v) is 18.6. The van der Waals surface area contributed by atoms with Gasteiger partial charge in [0.05, 0.1) is 17.3 Å². The van der Waals surface area contributed by atoms with Crippen LogP contribution in [0.2, 0.25) is 0 Å². The zero-order valence-electron chi connectivity index (χ0n) is 18.6. The largest absolute Gasteiger partial charge is 0.405 e. The van der Waals surface area contributed by atoms with Gasteiger partial charge in [0.1, 0.15) is 6.54 Å². The molecule has 1 aromatic carbocycles. The number of benzene rings is 1. The molecule has 2 fully saturated rings. The van der Waals surface area contributed by atoms with E-state index in [0.29, 0.717) is 33.7 Å². The predicted octanol–water partition coefficient (Wildman–Crippen LogP) is 3.74. The van der Waals surface area contributed by atoms with Gasteiger partial charge in [-0.25, -0.2) is 9.97 Å². The molecule has 4 rings (SSSR count). The molecule has 1 spiro atoms. The molecule has 2 aromatic rings. The lowest BCUT2D eigenvalue weighted by molar-refractivity contribution is -0.122. The van der Waals surface area contributed by atoms with Crippen molar-refractivity contribution in [2.75, 3.05) is 37.6 Å². The number of aromatic nitrogens is 2. The number of hydrogen-bond donors (Lipinski definition) is 3. The number of allylic oxidation sites excluding steroid dienone is 1. The number of rotatable bonds is 6. The lowest BCUT2D eigenvalue weighted by atomic mass is 9.78. The van der Waals surface area contributed by atoms with E-state index in [1.54, 1.807) is 30.5 Å². The van der Waals surface area contributed by atoms with E-state index >= 15 is 0 Å². The van der Waals surface area contributed by atoms with Crippen LogP contribution in [0.1, 0.15) is 30.4 Å². The Morgan fingerprint density at radius 2 is 1.97 bits per heavy atom. The highest BCUT2D eigenvalue weighted by Crippen LogP contribution is 2.38. The number of hydrogen-bond acceptors (Lipinski definition) is 7. The summed E-state index contributed by atoms with van der Waals surface area (Å²) in [5, 5.41) is 22.6. The quantitative estimate of drug-likeness (QED) is 0.558. The Hall–Kier alpha value is -3.45. The van der Waals surface area contributed by atoms with E-state index < -0.39 is 12.7 Å². The van der Waals surface area contributed by atoms with E-state index in [1.165, 1.54) is 6.42 Å². The fourth-order valence-electron chi connectivity index (χ4n) is 4.54. The summed E-state index contributed by atoms with van der Waals surface area (Å²) in [6.45, 7) is 2.53. The van der Waals surface area contributed by atoms with Crippen LogP contribution in [0, 0.1) is 22.2 Å². The molecule has 34 heavy (non-hydrogen) atoms. The zero-order chi connectivity index (χ0) is 24.2. The van der Waals surface area contributed by atoms with E-state index in [9.17, 15) is 13.2 Å². The maximum atomic E-state index is 12.6. The molecule has 178 valence electrons. The molecule has 3 heterocycles. The predicted molar refractivity (Wildman–Crippen MR) is 124 cm³/mol. The molecule has 0 aliphatic carbocycles. The van der Waals surface area contributed by atoms with Crippen LogP contribution in [0.5, 0.6) is 0 Å². The monoisotopic (exact) mass is 469 g/mol. The molecule has 1 aromatic heterocycles. The van der Waals surface area contributed by atoms with Gasteiger partial charge < -0.3 is 20.9 Å². The molecule has 7 nitrogen and oxygen atoms in total. The SMILES string of the molecule is N#Cc1ccc(-c2nc(N3CCC4(CCNC4)CC3)ncc2/C(C=N)=C/NCC(F)(F)F)cc1. The van der Waals surface area contributed by atoms with Crippen LogP contribution in [0.25, 0.3) is 16.8 Å². The van der Waals surface area contributed by atoms with Gasteiger partial charge in [0.2, 0.25) is 5.95 Å². The first kappa shape index (κ1) is 23.7. The third-order valence-corrected chi connectivity index (χ3v) is 6.53. The Labute approximate surface area is 196 Å². The number of nitrogens with zero attached hydrogens (tertiary/aromatic N) is 4. The van der Waals surface area contributed by atoms with Gasteiger partial charge in [-0.15, -0.1) is 0 Å². The molecule has 2 aliphatic heterocycles. The molecule has 0 saturated carbocycles. The molecule has 0 radical (unpaired) electrons. The topological polar surface area (TPSA) is 101 Å². The summed E-state index contributed by atoms with van der Waals surface area (Å²) in [5.41, 5.74) is 2.68. The van der Waals surface area contributed by atoms with E-state index in [2.05, 4.69) is 26.6 Å². The summed E-state index contributed by atoms with van der Waals surface area (Å²) in [4.78, 5) is 11.4. The maximum absolute atomic E-state index is 12.6. The highest BCUT2D eigenvalue weighted by Gasteiger charge is 2.37. The summed E-state index contributed by atoms with van der Waals surface area (Å²) >= 11 is 0. The first-order chi connectivity index (χ1) is 16.3. The van der Waals surface area contributed by atoms with Crippen LogP contribution in [0.4, 0.5) is 19.1 Å². The van der Waals surface area contributed by atoms with E-state index in [-0.39, 0.29) is 5.57 Å². The second kappa shape index (κ2) is 9.81. The van der Waals surface area contributed by atoms with Gasteiger partial charge in [-0.05, 0) is 43.4 Å². The first-order valence-electron chi connectivity index (χ1n) is 11.2. The summed E-state index contributed by atoms with van der Waals surface area (Å²) < 4.78 is 37.8. The van der Waals surface area contributed by atoms with Crippen LogP contribution >= 0.6 is 0 Å². The fraction of sp³-hybridized carbons (Fsp3) is 0.417.